The summed E-state index contributed by atoms with van der Waals surface area (Å²) < 4.78 is 65.2. The molecule has 0 N–H and O–H groups in total. The molecule has 1 amide bonds. The van der Waals surface area contributed by atoms with Crippen LogP contribution in [0.5, 0.6) is 0 Å². The van der Waals surface area contributed by atoms with Gasteiger partial charge in [0.15, 0.2) is 0 Å². The monoisotopic (exact) mass is 432 g/mol. The molecule has 2 fully saturated rings. The SMILES string of the molecule is CC(c1cccc(C(F)(F)F)c1)N(C(=O)CCCS(=O)(=O)N1CCCC1)C1CC1. The predicted molar refractivity (Wildman–Crippen MR) is 104 cm³/mol. The summed E-state index contributed by atoms with van der Waals surface area (Å²) in [5.41, 5.74) is -0.300. The molecule has 3 rings (SSSR count). The fraction of sp³-hybridized carbons (Fsp3) is 0.650. The Hall–Kier alpha value is -1.61. The molecule has 2 aliphatic rings. The molecule has 1 heterocycles. The van der Waals surface area contributed by atoms with E-state index >= 15 is 0 Å². The van der Waals surface area contributed by atoms with Gasteiger partial charge in [-0.3, -0.25) is 4.79 Å². The van der Waals surface area contributed by atoms with E-state index in [1.54, 1.807) is 17.9 Å². The number of carbonyl (C=O) groups excluding carboxylic acids is 1. The molecule has 1 aliphatic heterocycles. The molecule has 1 unspecified atom stereocenters. The summed E-state index contributed by atoms with van der Waals surface area (Å²) in [6.45, 7) is 2.81. The first kappa shape index (κ1) is 22.1. The van der Waals surface area contributed by atoms with Crippen LogP contribution < -0.4 is 0 Å². The van der Waals surface area contributed by atoms with Crippen LogP contribution in [0.15, 0.2) is 24.3 Å². The highest BCUT2D eigenvalue weighted by atomic mass is 32.2. The van der Waals surface area contributed by atoms with Crippen LogP contribution in [0.3, 0.4) is 0 Å². The largest absolute Gasteiger partial charge is 0.416 e. The van der Waals surface area contributed by atoms with Gasteiger partial charge in [0.25, 0.3) is 0 Å². The molecule has 162 valence electrons. The lowest BCUT2D eigenvalue weighted by molar-refractivity contribution is -0.137. The first-order valence-corrected chi connectivity index (χ1v) is 11.7. The van der Waals surface area contributed by atoms with Crippen molar-refractivity contribution < 1.29 is 26.4 Å². The summed E-state index contributed by atoms with van der Waals surface area (Å²) in [6, 6.07) is 4.58. The number of hydrogen-bond acceptors (Lipinski definition) is 3. The molecule has 1 atom stereocenters. The molecule has 9 heteroatoms. The van der Waals surface area contributed by atoms with Gasteiger partial charge >= 0.3 is 6.18 Å². The average Bonchev–Trinajstić information content (AvgIpc) is 3.31. The van der Waals surface area contributed by atoms with E-state index < -0.39 is 27.8 Å². The smallest absolute Gasteiger partial charge is 0.333 e. The van der Waals surface area contributed by atoms with E-state index in [9.17, 15) is 26.4 Å². The minimum atomic E-state index is -4.44. The molecule has 29 heavy (non-hydrogen) atoms. The van der Waals surface area contributed by atoms with E-state index in [0.717, 1.165) is 37.8 Å². The Morgan fingerprint density at radius 1 is 1.24 bits per heavy atom. The summed E-state index contributed by atoms with van der Waals surface area (Å²) in [5, 5.41) is 0. The molecule has 1 aliphatic carbocycles. The van der Waals surface area contributed by atoms with Crippen molar-refractivity contribution >= 4 is 15.9 Å². The van der Waals surface area contributed by atoms with Crippen molar-refractivity contribution in [1.82, 2.24) is 9.21 Å². The number of sulfonamides is 1. The Morgan fingerprint density at radius 3 is 2.48 bits per heavy atom. The zero-order chi connectivity index (χ0) is 21.2. The van der Waals surface area contributed by atoms with Crippen LogP contribution in [-0.2, 0) is 21.0 Å². The van der Waals surface area contributed by atoms with Crippen LogP contribution in [0.2, 0.25) is 0 Å². The van der Waals surface area contributed by atoms with Crippen molar-refractivity contribution in [3.63, 3.8) is 0 Å². The van der Waals surface area contributed by atoms with Crippen molar-refractivity contribution in [1.29, 1.82) is 0 Å². The molecule has 1 aromatic rings. The van der Waals surface area contributed by atoms with Gasteiger partial charge in [0.1, 0.15) is 0 Å². The van der Waals surface area contributed by atoms with Gasteiger partial charge in [0.2, 0.25) is 15.9 Å². The van der Waals surface area contributed by atoms with Crippen LogP contribution in [0.1, 0.15) is 62.6 Å². The van der Waals surface area contributed by atoms with Crippen LogP contribution in [-0.4, -0.2) is 48.4 Å². The third-order valence-electron chi connectivity index (χ3n) is 5.59. The summed E-state index contributed by atoms with van der Waals surface area (Å²) in [7, 11) is -3.34. The van der Waals surface area contributed by atoms with E-state index in [-0.39, 0.29) is 30.5 Å². The van der Waals surface area contributed by atoms with Gasteiger partial charge < -0.3 is 4.90 Å². The fourth-order valence-electron chi connectivity index (χ4n) is 3.85. The lowest BCUT2D eigenvalue weighted by atomic mass is 10.0. The van der Waals surface area contributed by atoms with Crippen molar-refractivity contribution in [2.24, 2.45) is 0 Å². The average molecular weight is 433 g/mol. The highest BCUT2D eigenvalue weighted by Crippen LogP contribution is 2.37. The molecular formula is C20H27F3N2O3S. The number of alkyl halides is 3. The molecule has 1 aromatic carbocycles. The Balaban J connectivity index is 1.64. The maximum Gasteiger partial charge on any atom is 0.416 e. The topological polar surface area (TPSA) is 57.7 Å². The van der Waals surface area contributed by atoms with Gasteiger partial charge in [-0.1, -0.05) is 12.1 Å². The minimum Gasteiger partial charge on any atom is -0.333 e. The highest BCUT2D eigenvalue weighted by molar-refractivity contribution is 7.89. The van der Waals surface area contributed by atoms with Gasteiger partial charge in [-0.15, -0.1) is 0 Å². The van der Waals surface area contributed by atoms with E-state index in [2.05, 4.69) is 0 Å². The maximum atomic E-state index is 13.0. The van der Waals surface area contributed by atoms with Crippen molar-refractivity contribution in [2.75, 3.05) is 18.8 Å². The predicted octanol–water partition coefficient (Wildman–Crippen LogP) is 3.96. The van der Waals surface area contributed by atoms with Crippen LogP contribution >= 0.6 is 0 Å². The van der Waals surface area contributed by atoms with E-state index in [1.165, 1.54) is 10.4 Å². The van der Waals surface area contributed by atoms with Gasteiger partial charge in [-0.05, 0) is 56.7 Å². The Morgan fingerprint density at radius 2 is 1.90 bits per heavy atom. The van der Waals surface area contributed by atoms with Gasteiger partial charge in [-0.25, -0.2) is 12.7 Å². The van der Waals surface area contributed by atoms with Gasteiger partial charge in [-0.2, -0.15) is 13.2 Å². The number of carbonyl (C=O) groups is 1. The zero-order valence-corrected chi connectivity index (χ0v) is 17.3. The second-order valence-corrected chi connectivity index (χ2v) is 9.95. The van der Waals surface area contributed by atoms with Crippen molar-refractivity contribution in [3.05, 3.63) is 35.4 Å². The first-order chi connectivity index (χ1) is 13.6. The molecule has 5 nitrogen and oxygen atoms in total. The molecule has 1 saturated heterocycles. The molecule has 0 spiro atoms. The molecular weight excluding hydrogens is 405 g/mol. The van der Waals surface area contributed by atoms with E-state index in [1.807, 2.05) is 0 Å². The number of hydrogen-bond donors (Lipinski definition) is 0. The van der Waals surface area contributed by atoms with Crippen LogP contribution in [0.25, 0.3) is 0 Å². The third-order valence-corrected chi connectivity index (χ3v) is 7.55. The van der Waals surface area contributed by atoms with Crippen LogP contribution in [0, 0.1) is 0 Å². The second kappa shape index (κ2) is 8.63. The summed E-state index contributed by atoms with van der Waals surface area (Å²) in [5.74, 6) is -0.274. The molecule has 0 radical (unpaired) electrons. The summed E-state index contributed by atoms with van der Waals surface area (Å²) >= 11 is 0. The Labute approximate surface area is 169 Å². The summed E-state index contributed by atoms with van der Waals surface area (Å²) in [4.78, 5) is 14.5. The lowest BCUT2D eigenvalue weighted by Crippen LogP contribution is -2.36. The summed E-state index contributed by atoms with van der Waals surface area (Å²) in [6.07, 6.45) is -0.774. The molecule has 1 saturated carbocycles. The first-order valence-electron chi connectivity index (χ1n) is 10.1. The second-order valence-electron chi connectivity index (χ2n) is 7.86. The number of benzene rings is 1. The highest BCUT2D eigenvalue weighted by Gasteiger charge is 2.37. The number of halogens is 3. The minimum absolute atomic E-state index is 0.0160. The number of rotatable bonds is 8. The molecule has 0 aromatic heterocycles. The third kappa shape index (κ3) is 5.51. The molecule has 0 bridgehead atoms. The van der Waals surface area contributed by atoms with Crippen molar-refractivity contribution in [2.45, 2.75) is 63.7 Å². The normalized spacial score (nSPS) is 19.3. The quantitative estimate of drug-likeness (QED) is 0.625. The Bertz CT molecular complexity index is 832. The Kier molecular flexibility index (Phi) is 6.57. The van der Waals surface area contributed by atoms with Crippen molar-refractivity contribution in [3.8, 4) is 0 Å². The fourth-order valence-corrected chi connectivity index (χ4v) is 5.44. The van der Waals surface area contributed by atoms with Gasteiger partial charge in [0.05, 0.1) is 17.4 Å². The number of amides is 1. The number of nitrogens with zero attached hydrogens (tertiary/aromatic N) is 2. The maximum absolute atomic E-state index is 13.0. The lowest BCUT2D eigenvalue weighted by Gasteiger charge is -2.30. The standard InChI is InChI=1S/C20H27F3N2O3S/c1-15(16-6-4-7-17(14-16)20(21,22)23)25(18-9-10-18)19(26)8-5-13-29(27,28)24-11-2-3-12-24/h4,6-7,14-15,18H,2-3,5,8-13H2,1H3. The zero-order valence-electron chi connectivity index (χ0n) is 16.5. The van der Waals surface area contributed by atoms with E-state index in [4.69, 9.17) is 0 Å². The van der Waals surface area contributed by atoms with Crippen LogP contribution in [0.4, 0.5) is 13.2 Å². The van der Waals surface area contributed by atoms with E-state index in [0.29, 0.717) is 18.7 Å². The van der Waals surface area contributed by atoms with Gasteiger partial charge in [0, 0.05) is 25.6 Å².